The van der Waals surface area contributed by atoms with Gasteiger partial charge in [0.05, 0.1) is 10.5 Å². The van der Waals surface area contributed by atoms with E-state index in [2.05, 4.69) is 15.6 Å². The number of hydrazine groups is 1. The number of nitro groups is 1. The summed E-state index contributed by atoms with van der Waals surface area (Å²) in [6.45, 7) is 3.55. The van der Waals surface area contributed by atoms with Gasteiger partial charge in [-0.25, -0.2) is 0 Å². The molecule has 11 nitrogen and oxygen atoms in total. The van der Waals surface area contributed by atoms with Crippen molar-refractivity contribution in [2.75, 3.05) is 53.1 Å². The molecule has 0 radical (unpaired) electrons. The molecule has 0 saturated heterocycles. The van der Waals surface area contributed by atoms with Crippen molar-refractivity contribution in [2.45, 2.75) is 19.8 Å². The van der Waals surface area contributed by atoms with Gasteiger partial charge in [-0.05, 0) is 38.6 Å². The third-order valence-electron chi connectivity index (χ3n) is 6.04. The number of carboxylic acid groups (broad SMARTS) is 1. The number of benzene rings is 3. The lowest BCUT2D eigenvalue weighted by atomic mass is 9.83. The van der Waals surface area contributed by atoms with Crippen molar-refractivity contribution in [3.05, 3.63) is 105 Å². The zero-order chi connectivity index (χ0) is 31.2. The molecule has 11 heteroatoms. The highest BCUT2D eigenvalue weighted by atomic mass is 16.6. The molecule has 0 bridgehead atoms. The molecular formula is C31H39N5O6. The molecule has 0 saturated carbocycles. The van der Waals surface area contributed by atoms with Crippen LogP contribution in [0.1, 0.15) is 50.8 Å². The van der Waals surface area contributed by atoms with Crippen LogP contribution < -0.4 is 10.7 Å². The molecule has 3 N–H and O–H groups in total. The van der Waals surface area contributed by atoms with Crippen molar-refractivity contribution >= 4 is 28.9 Å². The maximum Gasteiger partial charge on any atom is 0.300 e. The van der Waals surface area contributed by atoms with Crippen LogP contribution in [-0.4, -0.2) is 85.3 Å². The minimum Gasteiger partial charge on any atom is -0.481 e. The number of fused-ring (bicyclic) bond motifs is 2. The van der Waals surface area contributed by atoms with E-state index in [9.17, 15) is 19.7 Å². The highest BCUT2D eigenvalue weighted by Crippen LogP contribution is 2.31. The largest absolute Gasteiger partial charge is 0.481 e. The molecule has 3 aromatic carbocycles. The van der Waals surface area contributed by atoms with Crippen molar-refractivity contribution in [2.24, 2.45) is 0 Å². The molecule has 0 heterocycles. The molecule has 1 aliphatic carbocycles. The van der Waals surface area contributed by atoms with Gasteiger partial charge in [0, 0.05) is 75.2 Å². The normalized spacial score (nSPS) is 11.5. The first-order valence-corrected chi connectivity index (χ1v) is 13.5. The van der Waals surface area contributed by atoms with Crippen LogP contribution in [0.25, 0.3) is 0 Å². The number of rotatable bonds is 10. The molecule has 0 fully saturated rings. The molecule has 0 amide bonds. The van der Waals surface area contributed by atoms with Crippen LogP contribution in [0.4, 0.5) is 11.4 Å². The van der Waals surface area contributed by atoms with Crippen LogP contribution in [0.2, 0.25) is 0 Å². The first-order chi connectivity index (χ1) is 19.9. The number of nitrogens with one attached hydrogen (secondary N) is 2. The second kappa shape index (κ2) is 16.7. The number of aryl methyl sites for hydroxylation is 1. The molecule has 42 heavy (non-hydrogen) atoms. The Labute approximate surface area is 246 Å². The van der Waals surface area contributed by atoms with Gasteiger partial charge in [0.2, 0.25) is 0 Å². The molecule has 0 unspecified atom stereocenters. The molecule has 4 rings (SSSR count). The van der Waals surface area contributed by atoms with Gasteiger partial charge in [0.25, 0.3) is 11.7 Å². The Kier molecular flexibility index (Phi) is 13.4. The van der Waals surface area contributed by atoms with Crippen LogP contribution in [0.3, 0.4) is 0 Å². The summed E-state index contributed by atoms with van der Waals surface area (Å²) in [5, 5.41) is 23.0. The highest BCUT2D eigenvalue weighted by molar-refractivity contribution is 6.30. The average Bonchev–Trinajstić information content (AvgIpc) is 2.94. The zero-order valence-corrected chi connectivity index (χ0v) is 24.7. The van der Waals surface area contributed by atoms with E-state index >= 15 is 0 Å². The number of nitro benzene ring substituents is 1. The van der Waals surface area contributed by atoms with E-state index < -0.39 is 5.97 Å². The summed E-state index contributed by atoms with van der Waals surface area (Å²) in [6, 6.07) is 19.1. The van der Waals surface area contributed by atoms with Gasteiger partial charge in [-0.2, -0.15) is 0 Å². The van der Waals surface area contributed by atoms with Gasteiger partial charge in [0.15, 0.2) is 11.6 Å². The second-order valence-corrected chi connectivity index (χ2v) is 10.0. The zero-order valence-electron chi connectivity index (χ0n) is 24.7. The number of nitrogens with zero attached hydrogens (tertiary/aromatic N) is 3. The summed E-state index contributed by atoms with van der Waals surface area (Å²) in [4.78, 5) is 46.5. The molecular weight excluding hydrogens is 538 g/mol. The lowest BCUT2D eigenvalue weighted by Crippen LogP contribution is -2.31. The average molecular weight is 578 g/mol. The maximum atomic E-state index is 12.8. The second-order valence-electron chi connectivity index (χ2n) is 10.0. The fraction of sp³-hybridized carbons (Fsp3) is 0.323. The number of hydrogen-bond donors (Lipinski definition) is 3. The summed E-state index contributed by atoms with van der Waals surface area (Å²) in [5.74, 6) is -1.00. The predicted molar refractivity (Wildman–Crippen MR) is 163 cm³/mol. The van der Waals surface area contributed by atoms with Crippen molar-refractivity contribution in [3.8, 4) is 0 Å². The monoisotopic (exact) mass is 577 g/mol. The van der Waals surface area contributed by atoms with Crippen LogP contribution in [0.15, 0.2) is 66.7 Å². The van der Waals surface area contributed by atoms with Crippen LogP contribution in [-0.2, 0) is 11.2 Å². The molecule has 0 spiro atoms. The van der Waals surface area contributed by atoms with E-state index in [0.29, 0.717) is 28.8 Å². The van der Waals surface area contributed by atoms with Gasteiger partial charge in [-0.15, -0.1) is 0 Å². The van der Waals surface area contributed by atoms with Gasteiger partial charge in [-0.3, -0.25) is 34.9 Å². The van der Waals surface area contributed by atoms with E-state index in [-0.39, 0.29) is 22.2 Å². The Balaban J connectivity index is 0.000000272. The summed E-state index contributed by atoms with van der Waals surface area (Å²) >= 11 is 0. The SMILES string of the molecule is CC(=O)O.CN(C)CCNc1cccc2c1C(=O)c1ccccc1C2=O.CN(C)NCCCc1ccc([N+](=O)[O-])cc1. The van der Waals surface area contributed by atoms with Crippen LogP contribution in [0, 0.1) is 10.1 Å². The summed E-state index contributed by atoms with van der Waals surface area (Å²) in [5.41, 5.74) is 7.13. The number of likely N-dealkylation sites (N-methyl/N-ethyl adjacent to an activating group) is 1. The van der Waals surface area contributed by atoms with E-state index in [1.165, 1.54) is 0 Å². The van der Waals surface area contributed by atoms with Gasteiger partial charge >= 0.3 is 0 Å². The molecule has 224 valence electrons. The Morgan fingerprint density at radius 3 is 1.98 bits per heavy atom. The van der Waals surface area contributed by atoms with E-state index in [0.717, 1.165) is 44.1 Å². The Bertz CT molecular complexity index is 1370. The molecule has 0 aliphatic heterocycles. The van der Waals surface area contributed by atoms with Gasteiger partial charge < -0.3 is 15.3 Å². The van der Waals surface area contributed by atoms with E-state index in [4.69, 9.17) is 9.90 Å². The van der Waals surface area contributed by atoms with Crippen molar-refractivity contribution in [1.29, 1.82) is 0 Å². The van der Waals surface area contributed by atoms with Crippen molar-refractivity contribution in [3.63, 3.8) is 0 Å². The van der Waals surface area contributed by atoms with Crippen molar-refractivity contribution < 1.29 is 24.4 Å². The first-order valence-electron chi connectivity index (χ1n) is 13.5. The number of aliphatic carboxylic acids is 1. The van der Waals surface area contributed by atoms with E-state index in [1.807, 2.05) is 57.5 Å². The molecule has 3 aromatic rings. The Morgan fingerprint density at radius 1 is 0.857 bits per heavy atom. The fourth-order valence-electron chi connectivity index (χ4n) is 4.09. The predicted octanol–water partition coefficient (Wildman–Crippen LogP) is 4.12. The lowest BCUT2D eigenvalue weighted by molar-refractivity contribution is -0.384. The first kappa shape index (κ1) is 33.8. The Morgan fingerprint density at radius 2 is 1.43 bits per heavy atom. The van der Waals surface area contributed by atoms with Gasteiger partial charge in [0.1, 0.15) is 0 Å². The molecule has 0 aromatic heterocycles. The summed E-state index contributed by atoms with van der Waals surface area (Å²) in [6.07, 6.45) is 1.94. The molecule has 1 aliphatic rings. The highest BCUT2D eigenvalue weighted by Gasteiger charge is 2.31. The van der Waals surface area contributed by atoms with Crippen molar-refractivity contribution in [1.82, 2.24) is 15.3 Å². The minimum absolute atomic E-state index is 0.0820. The number of carbonyl (C=O) groups is 3. The number of hydrogen-bond acceptors (Lipinski definition) is 9. The summed E-state index contributed by atoms with van der Waals surface area (Å²) < 4.78 is 0. The fourth-order valence-corrected chi connectivity index (χ4v) is 4.09. The Hall–Kier alpha value is -4.45. The third-order valence-corrected chi connectivity index (χ3v) is 6.04. The lowest BCUT2D eigenvalue weighted by Gasteiger charge is -2.21. The molecule has 0 atom stereocenters. The number of carbonyl (C=O) groups excluding carboxylic acids is 2. The van der Waals surface area contributed by atoms with Crippen LogP contribution >= 0.6 is 0 Å². The standard InChI is InChI=1S/C18H18N2O2.C11H17N3O2.C2H4O2/c1-20(2)11-10-19-15-9-5-8-14-16(15)18(22)13-7-4-3-6-12(13)17(14)21;1-13(2)12-9-3-4-10-5-7-11(8-6-10)14(15)16;1-2(3)4/h3-9,19H,10-11H2,1-2H3;5-8,12H,3-4,9H2,1-2H3;1H3,(H,3,4). The minimum atomic E-state index is -0.833. The topological polar surface area (TPSA) is 145 Å². The van der Waals surface area contributed by atoms with E-state index in [1.54, 1.807) is 42.5 Å². The number of non-ortho nitro benzene ring substituents is 1. The maximum absolute atomic E-state index is 12.8. The van der Waals surface area contributed by atoms with Crippen LogP contribution in [0.5, 0.6) is 0 Å². The summed E-state index contributed by atoms with van der Waals surface area (Å²) in [7, 11) is 7.89. The number of ketones is 2. The third kappa shape index (κ3) is 10.5. The quantitative estimate of drug-likeness (QED) is 0.143. The smallest absolute Gasteiger partial charge is 0.300 e. The number of carboxylic acids is 1. The number of anilines is 1. The van der Waals surface area contributed by atoms with Gasteiger partial charge in [-0.1, -0.05) is 48.5 Å².